The average molecular weight is 393 g/mol. The van der Waals surface area contributed by atoms with E-state index in [-0.39, 0.29) is 11.3 Å². The van der Waals surface area contributed by atoms with E-state index >= 15 is 0 Å². The van der Waals surface area contributed by atoms with Crippen LogP contribution in [-0.2, 0) is 24.3 Å². The monoisotopic (exact) mass is 392 g/mol. The van der Waals surface area contributed by atoms with Crippen molar-refractivity contribution in [3.8, 4) is 0 Å². The third-order valence-corrected chi connectivity index (χ3v) is 6.69. The number of piperidine rings is 2. The predicted octanol–water partition coefficient (Wildman–Crippen LogP) is 3.75. The van der Waals surface area contributed by atoms with Crippen LogP contribution in [-0.4, -0.2) is 45.3 Å². The van der Waals surface area contributed by atoms with Gasteiger partial charge in [-0.3, -0.25) is 19.7 Å². The van der Waals surface area contributed by atoms with Crippen molar-refractivity contribution in [2.45, 2.75) is 59.0 Å². The first-order chi connectivity index (χ1) is 14.0. The van der Waals surface area contributed by atoms with Crippen LogP contribution in [0.5, 0.6) is 0 Å². The molecule has 0 radical (unpaired) electrons. The van der Waals surface area contributed by atoms with Crippen molar-refractivity contribution in [3.05, 3.63) is 59.2 Å². The normalized spacial score (nSPS) is 19.7. The van der Waals surface area contributed by atoms with Crippen molar-refractivity contribution < 1.29 is 4.79 Å². The van der Waals surface area contributed by atoms with Gasteiger partial charge in [-0.15, -0.1) is 0 Å². The minimum Gasteiger partial charge on any atom is -0.336 e. The van der Waals surface area contributed by atoms with E-state index in [4.69, 9.17) is 0 Å². The van der Waals surface area contributed by atoms with Crippen molar-refractivity contribution in [3.63, 3.8) is 0 Å². The summed E-state index contributed by atoms with van der Waals surface area (Å²) < 4.78 is 0. The number of aryl methyl sites for hydroxylation is 2. The first-order valence-electron chi connectivity index (χ1n) is 10.9. The summed E-state index contributed by atoms with van der Waals surface area (Å²) in [5.41, 5.74) is 4.86. The van der Waals surface area contributed by atoms with Gasteiger partial charge in [0.25, 0.3) is 0 Å². The molecule has 2 fully saturated rings. The molecule has 4 rings (SSSR count). The van der Waals surface area contributed by atoms with E-state index in [0.29, 0.717) is 13.0 Å². The van der Waals surface area contributed by atoms with Crippen molar-refractivity contribution in [1.82, 2.24) is 19.8 Å². The Balaban J connectivity index is 1.34. The van der Waals surface area contributed by atoms with E-state index < -0.39 is 0 Å². The van der Waals surface area contributed by atoms with Gasteiger partial charge in [-0.2, -0.15) is 0 Å². The van der Waals surface area contributed by atoms with Crippen LogP contribution < -0.4 is 0 Å². The Kier molecular flexibility index (Phi) is 5.95. The van der Waals surface area contributed by atoms with Crippen molar-refractivity contribution in [1.29, 1.82) is 0 Å². The second kappa shape index (κ2) is 8.62. The zero-order valence-corrected chi connectivity index (χ0v) is 17.7. The minimum absolute atomic E-state index is 0.261. The first-order valence-corrected chi connectivity index (χ1v) is 10.9. The molecule has 0 atom stereocenters. The number of rotatable bonds is 5. The van der Waals surface area contributed by atoms with E-state index in [2.05, 4.69) is 46.1 Å². The summed E-state index contributed by atoms with van der Waals surface area (Å²) in [5, 5.41) is 0. The van der Waals surface area contributed by atoms with Crippen LogP contribution in [0, 0.1) is 12.3 Å². The SMILES string of the molecule is CCc1ccc(CN2CCC3(CCC(=O)N(Cc4cnc(C)cn4)C3)CC2)cc1. The van der Waals surface area contributed by atoms with Crippen LogP contribution in [0.1, 0.15) is 55.1 Å². The summed E-state index contributed by atoms with van der Waals surface area (Å²) in [4.78, 5) is 25.9. The standard InChI is InChI=1S/C24H32N4O/c1-3-20-4-6-21(7-5-20)16-27-12-10-24(11-13-27)9-8-23(29)28(18-24)17-22-15-25-19(2)14-26-22/h4-7,14-15H,3,8-13,16-18H2,1-2H3. The van der Waals surface area contributed by atoms with Crippen molar-refractivity contribution in [2.75, 3.05) is 19.6 Å². The number of likely N-dealkylation sites (tertiary alicyclic amines) is 2. The largest absolute Gasteiger partial charge is 0.336 e. The second-order valence-corrected chi connectivity index (χ2v) is 8.85. The maximum Gasteiger partial charge on any atom is 0.222 e. The summed E-state index contributed by atoms with van der Waals surface area (Å²) >= 11 is 0. The number of benzene rings is 1. The molecule has 1 spiro atoms. The third-order valence-electron chi connectivity index (χ3n) is 6.69. The molecule has 0 saturated carbocycles. The Morgan fingerprint density at radius 3 is 2.34 bits per heavy atom. The summed E-state index contributed by atoms with van der Waals surface area (Å²) in [6, 6.07) is 9.04. The Labute approximate surface area is 174 Å². The van der Waals surface area contributed by atoms with Crippen LogP contribution >= 0.6 is 0 Å². The van der Waals surface area contributed by atoms with Gasteiger partial charge in [0.05, 0.1) is 24.1 Å². The highest BCUT2D eigenvalue weighted by Gasteiger charge is 2.40. The Morgan fingerprint density at radius 2 is 1.69 bits per heavy atom. The zero-order valence-electron chi connectivity index (χ0n) is 17.7. The number of amides is 1. The van der Waals surface area contributed by atoms with E-state index in [0.717, 1.165) is 50.4 Å². The fraction of sp³-hybridized carbons (Fsp3) is 0.542. The average Bonchev–Trinajstić information content (AvgIpc) is 2.75. The summed E-state index contributed by atoms with van der Waals surface area (Å²) in [6.45, 7) is 8.83. The molecular weight excluding hydrogens is 360 g/mol. The zero-order chi connectivity index (χ0) is 20.3. The van der Waals surface area contributed by atoms with Gasteiger partial charge < -0.3 is 4.90 Å². The molecule has 3 heterocycles. The molecule has 2 aromatic rings. The van der Waals surface area contributed by atoms with Crippen LogP contribution in [0.2, 0.25) is 0 Å². The summed E-state index contributed by atoms with van der Waals surface area (Å²) in [6.07, 6.45) is 8.71. The van der Waals surface area contributed by atoms with Gasteiger partial charge in [0.1, 0.15) is 0 Å². The molecule has 29 heavy (non-hydrogen) atoms. The van der Waals surface area contributed by atoms with E-state index in [1.807, 2.05) is 11.8 Å². The molecule has 154 valence electrons. The van der Waals surface area contributed by atoms with Gasteiger partial charge in [-0.1, -0.05) is 31.2 Å². The maximum absolute atomic E-state index is 12.5. The predicted molar refractivity (Wildman–Crippen MR) is 114 cm³/mol. The van der Waals surface area contributed by atoms with E-state index in [1.165, 1.54) is 24.0 Å². The number of carbonyl (C=O) groups is 1. The molecule has 2 aliphatic heterocycles. The highest BCUT2D eigenvalue weighted by atomic mass is 16.2. The van der Waals surface area contributed by atoms with Gasteiger partial charge >= 0.3 is 0 Å². The number of hydrogen-bond donors (Lipinski definition) is 0. The maximum atomic E-state index is 12.5. The minimum atomic E-state index is 0.261. The smallest absolute Gasteiger partial charge is 0.222 e. The number of nitrogens with zero attached hydrogens (tertiary/aromatic N) is 4. The molecule has 0 aliphatic carbocycles. The third kappa shape index (κ3) is 4.84. The molecule has 2 aliphatic rings. The lowest BCUT2D eigenvalue weighted by atomic mass is 9.72. The molecule has 1 aromatic heterocycles. The van der Waals surface area contributed by atoms with E-state index in [9.17, 15) is 4.79 Å². The lowest BCUT2D eigenvalue weighted by Gasteiger charge is -2.47. The number of carbonyl (C=O) groups excluding carboxylic acids is 1. The van der Waals surface area contributed by atoms with Crippen LogP contribution in [0.15, 0.2) is 36.7 Å². The first kappa shape index (κ1) is 20.0. The van der Waals surface area contributed by atoms with Crippen LogP contribution in [0.3, 0.4) is 0 Å². The lowest BCUT2D eigenvalue weighted by molar-refractivity contribution is -0.140. The van der Waals surface area contributed by atoms with Crippen molar-refractivity contribution >= 4 is 5.91 Å². The van der Waals surface area contributed by atoms with Crippen molar-refractivity contribution in [2.24, 2.45) is 5.41 Å². The Hall–Kier alpha value is -2.27. The van der Waals surface area contributed by atoms with Gasteiger partial charge in [-0.25, -0.2) is 0 Å². The molecule has 1 aromatic carbocycles. The molecule has 0 N–H and O–H groups in total. The van der Waals surface area contributed by atoms with Crippen LogP contribution in [0.25, 0.3) is 0 Å². The number of aromatic nitrogens is 2. The topological polar surface area (TPSA) is 49.3 Å². The molecule has 0 bridgehead atoms. The molecule has 5 heteroatoms. The van der Waals surface area contributed by atoms with Gasteiger partial charge in [-0.05, 0) is 62.2 Å². The second-order valence-electron chi connectivity index (χ2n) is 8.85. The molecule has 5 nitrogen and oxygen atoms in total. The Bertz CT molecular complexity index is 823. The summed E-state index contributed by atoms with van der Waals surface area (Å²) in [7, 11) is 0. The fourth-order valence-electron chi connectivity index (χ4n) is 4.68. The Morgan fingerprint density at radius 1 is 0.966 bits per heavy atom. The molecule has 0 unspecified atom stereocenters. The number of hydrogen-bond acceptors (Lipinski definition) is 4. The molecular formula is C24H32N4O. The molecule has 1 amide bonds. The van der Waals surface area contributed by atoms with Gasteiger partial charge in [0.2, 0.25) is 5.91 Å². The highest BCUT2D eigenvalue weighted by molar-refractivity contribution is 5.77. The highest BCUT2D eigenvalue weighted by Crippen LogP contribution is 2.40. The quantitative estimate of drug-likeness (QED) is 0.778. The van der Waals surface area contributed by atoms with Gasteiger partial charge in [0, 0.05) is 25.7 Å². The summed E-state index contributed by atoms with van der Waals surface area (Å²) in [5.74, 6) is 0.261. The van der Waals surface area contributed by atoms with Crippen LogP contribution in [0.4, 0.5) is 0 Å². The fourth-order valence-corrected chi connectivity index (χ4v) is 4.68. The van der Waals surface area contributed by atoms with E-state index in [1.54, 1.807) is 12.4 Å². The molecule has 2 saturated heterocycles. The van der Waals surface area contributed by atoms with Gasteiger partial charge in [0.15, 0.2) is 0 Å². The lowest BCUT2D eigenvalue weighted by Crippen LogP contribution is -2.51.